The van der Waals surface area contributed by atoms with Crippen molar-refractivity contribution in [2.24, 2.45) is 11.1 Å². The van der Waals surface area contributed by atoms with Crippen LogP contribution < -0.4 is 5.73 Å². The van der Waals surface area contributed by atoms with Crippen molar-refractivity contribution >= 4 is 5.91 Å². The van der Waals surface area contributed by atoms with Crippen LogP contribution in [0.5, 0.6) is 0 Å². The average molecular weight is 226 g/mol. The molecule has 0 aliphatic heterocycles. The molecule has 1 saturated carbocycles. The Balaban J connectivity index is 2.76. The third kappa shape index (κ3) is 2.40. The quantitative estimate of drug-likeness (QED) is 0.801. The molecule has 1 amide bonds. The average Bonchev–Trinajstić information content (AvgIpc) is 2.66. The normalized spacial score (nSPS) is 18.9. The van der Waals surface area contributed by atoms with Crippen molar-refractivity contribution in [1.29, 1.82) is 0 Å². The van der Waals surface area contributed by atoms with Crippen LogP contribution in [-0.4, -0.2) is 29.4 Å². The molecular formula is C13H26N2O. The lowest BCUT2D eigenvalue weighted by atomic mass is 9.74. The zero-order valence-corrected chi connectivity index (χ0v) is 11.3. The third-order valence-corrected chi connectivity index (χ3v) is 4.34. The molecule has 3 heteroatoms. The van der Waals surface area contributed by atoms with Crippen LogP contribution in [0.3, 0.4) is 0 Å². The zero-order valence-electron chi connectivity index (χ0n) is 11.3. The van der Waals surface area contributed by atoms with Gasteiger partial charge in [0.25, 0.3) is 0 Å². The van der Waals surface area contributed by atoms with Crippen LogP contribution in [0.1, 0.15) is 53.4 Å². The van der Waals surface area contributed by atoms with E-state index in [1.807, 2.05) is 39.6 Å². The Morgan fingerprint density at radius 1 is 1.19 bits per heavy atom. The van der Waals surface area contributed by atoms with Gasteiger partial charge in [-0.15, -0.1) is 0 Å². The summed E-state index contributed by atoms with van der Waals surface area (Å²) in [6.45, 7) is 7.74. The highest BCUT2D eigenvalue weighted by Crippen LogP contribution is 2.33. The maximum absolute atomic E-state index is 12.4. The monoisotopic (exact) mass is 226 g/mol. The summed E-state index contributed by atoms with van der Waals surface area (Å²) in [6, 6.07) is 0.425. The van der Waals surface area contributed by atoms with Gasteiger partial charge in [0.2, 0.25) is 5.91 Å². The minimum absolute atomic E-state index is 0.173. The van der Waals surface area contributed by atoms with E-state index in [0.29, 0.717) is 6.04 Å². The fourth-order valence-corrected chi connectivity index (χ4v) is 2.17. The van der Waals surface area contributed by atoms with E-state index in [9.17, 15) is 4.79 Å². The van der Waals surface area contributed by atoms with Gasteiger partial charge in [0, 0.05) is 18.6 Å². The molecule has 0 aromatic rings. The number of carbonyl (C=O) groups is 1. The molecule has 0 bridgehead atoms. The minimum Gasteiger partial charge on any atom is -0.342 e. The third-order valence-electron chi connectivity index (χ3n) is 4.34. The Labute approximate surface area is 99.4 Å². The molecule has 0 atom stereocenters. The molecule has 1 fully saturated rings. The molecule has 0 aromatic carbocycles. The second kappa shape index (κ2) is 4.36. The van der Waals surface area contributed by atoms with Gasteiger partial charge in [-0.3, -0.25) is 4.79 Å². The summed E-state index contributed by atoms with van der Waals surface area (Å²) in [6.07, 6.45) is 4.77. The molecule has 0 heterocycles. The number of carbonyl (C=O) groups excluding carboxylic acids is 1. The fraction of sp³-hybridized carbons (Fsp3) is 0.923. The van der Waals surface area contributed by atoms with Crippen LogP contribution in [0, 0.1) is 5.41 Å². The van der Waals surface area contributed by atoms with Gasteiger partial charge < -0.3 is 10.6 Å². The van der Waals surface area contributed by atoms with Crippen LogP contribution >= 0.6 is 0 Å². The number of nitrogens with two attached hydrogens (primary N) is 1. The van der Waals surface area contributed by atoms with E-state index < -0.39 is 11.0 Å². The highest BCUT2D eigenvalue weighted by molar-refractivity contribution is 5.83. The van der Waals surface area contributed by atoms with E-state index in [1.165, 1.54) is 12.8 Å². The van der Waals surface area contributed by atoms with Gasteiger partial charge in [-0.25, -0.2) is 0 Å². The van der Waals surface area contributed by atoms with Crippen LogP contribution in [0.15, 0.2) is 0 Å². The lowest BCUT2D eigenvalue weighted by Gasteiger charge is -2.41. The Morgan fingerprint density at radius 3 is 2.00 bits per heavy atom. The largest absolute Gasteiger partial charge is 0.342 e. The van der Waals surface area contributed by atoms with Gasteiger partial charge >= 0.3 is 0 Å². The van der Waals surface area contributed by atoms with E-state index in [2.05, 4.69) is 0 Å². The molecule has 1 aliphatic carbocycles. The maximum Gasteiger partial charge on any atom is 0.230 e. The molecule has 0 aromatic heterocycles. The van der Waals surface area contributed by atoms with Crippen LogP contribution in [0.25, 0.3) is 0 Å². The van der Waals surface area contributed by atoms with Gasteiger partial charge in [-0.2, -0.15) is 0 Å². The maximum atomic E-state index is 12.4. The number of hydrogen-bond acceptors (Lipinski definition) is 2. The van der Waals surface area contributed by atoms with Gasteiger partial charge in [-0.1, -0.05) is 12.8 Å². The van der Waals surface area contributed by atoms with Crippen molar-refractivity contribution in [2.75, 3.05) is 7.05 Å². The molecule has 0 unspecified atom stereocenters. The lowest BCUT2D eigenvalue weighted by molar-refractivity contribution is -0.144. The lowest BCUT2D eigenvalue weighted by Crippen LogP contribution is -2.57. The molecule has 0 saturated heterocycles. The van der Waals surface area contributed by atoms with Crippen LogP contribution in [-0.2, 0) is 4.79 Å². The topological polar surface area (TPSA) is 46.3 Å². The van der Waals surface area contributed by atoms with E-state index in [4.69, 9.17) is 5.73 Å². The summed E-state index contributed by atoms with van der Waals surface area (Å²) in [4.78, 5) is 14.4. The summed E-state index contributed by atoms with van der Waals surface area (Å²) < 4.78 is 0. The highest BCUT2D eigenvalue weighted by Gasteiger charge is 2.43. The zero-order chi connectivity index (χ0) is 12.6. The first-order valence-corrected chi connectivity index (χ1v) is 6.24. The Kier molecular flexibility index (Phi) is 3.68. The predicted molar refractivity (Wildman–Crippen MR) is 67.1 cm³/mol. The van der Waals surface area contributed by atoms with E-state index in [1.54, 1.807) is 0 Å². The summed E-state index contributed by atoms with van der Waals surface area (Å²) in [5, 5.41) is 0. The van der Waals surface area contributed by atoms with Crippen LogP contribution in [0.4, 0.5) is 0 Å². The number of amides is 1. The molecular weight excluding hydrogens is 200 g/mol. The predicted octanol–water partition coefficient (Wildman–Crippen LogP) is 2.15. The van der Waals surface area contributed by atoms with E-state index in [-0.39, 0.29) is 5.91 Å². The molecule has 1 rings (SSSR count). The van der Waals surface area contributed by atoms with Gasteiger partial charge in [0.05, 0.1) is 5.41 Å². The summed E-state index contributed by atoms with van der Waals surface area (Å²) in [5.41, 5.74) is 5.10. The molecule has 0 radical (unpaired) electrons. The van der Waals surface area contributed by atoms with Crippen molar-refractivity contribution in [3.63, 3.8) is 0 Å². The SMILES string of the molecule is CN(C(=O)C(C)(C)C(C)(C)N)C1CCCC1. The van der Waals surface area contributed by atoms with Crippen molar-refractivity contribution in [3.8, 4) is 0 Å². The van der Waals surface area contributed by atoms with Crippen molar-refractivity contribution < 1.29 is 4.79 Å². The van der Waals surface area contributed by atoms with Crippen molar-refractivity contribution in [2.45, 2.75) is 65.0 Å². The number of hydrogen-bond donors (Lipinski definition) is 1. The summed E-state index contributed by atoms with van der Waals surface area (Å²) in [7, 11) is 1.92. The first kappa shape index (κ1) is 13.5. The second-order valence-electron chi connectivity index (χ2n) is 6.20. The highest BCUT2D eigenvalue weighted by atomic mass is 16.2. The first-order chi connectivity index (χ1) is 7.18. The molecule has 2 N–H and O–H groups in total. The Bertz CT molecular complexity index is 260. The second-order valence-corrected chi connectivity index (χ2v) is 6.20. The molecule has 1 aliphatic rings. The summed E-state index contributed by atoms with van der Waals surface area (Å²) in [5.74, 6) is 0.173. The minimum atomic E-state index is -0.510. The van der Waals surface area contributed by atoms with Gasteiger partial charge in [0.15, 0.2) is 0 Å². The van der Waals surface area contributed by atoms with Crippen molar-refractivity contribution in [3.05, 3.63) is 0 Å². The molecule has 3 nitrogen and oxygen atoms in total. The fourth-order valence-electron chi connectivity index (χ4n) is 2.17. The Morgan fingerprint density at radius 2 is 1.62 bits per heavy atom. The van der Waals surface area contributed by atoms with Gasteiger partial charge in [0.1, 0.15) is 0 Å². The van der Waals surface area contributed by atoms with E-state index in [0.717, 1.165) is 12.8 Å². The van der Waals surface area contributed by atoms with Crippen molar-refractivity contribution in [1.82, 2.24) is 4.90 Å². The number of rotatable bonds is 3. The Hall–Kier alpha value is -0.570. The van der Waals surface area contributed by atoms with E-state index >= 15 is 0 Å². The smallest absolute Gasteiger partial charge is 0.230 e. The van der Waals surface area contributed by atoms with Crippen LogP contribution in [0.2, 0.25) is 0 Å². The number of nitrogens with zero attached hydrogens (tertiary/aromatic N) is 1. The van der Waals surface area contributed by atoms with Gasteiger partial charge in [-0.05, 0) is 40.5 Å². The first-order valence-electron chi connectivity index (χ1n) is 6.24. The standard InChI is InChI=1S/C13H26N2O/c1-12(2,13(3,4)14)11(16)15(5)10-8-6-7-9-10/h10H,6-9,14H2,1-5H3. The molecule has 94 valence electrons. The molecule has 0 spiro atoms. The molecule has 16 heavy (non-hydrogen) atoms. The summed E-state index contributed by atoms with van der Waals surface area (Å²) >= 11 is 0.